The van der Waals surface area contributed by atoms with Gasteiger partial charge < -0.3 is 14.4 Å². The maximum absolute atomic E-state index is 13.6. The third-order valence-corrected chi connectivity index (χ3v) is 6.10. The second-order valence-electron chi connectivity index (χ2n) is 7.22. The molecule has 0 aliphatic carbocycles. The Kier molecular flexibility index (Phi) is 7.00. The first-order valence-corrected chi connectivity index (χ1v) is 10.8. The maximum atomic E-state index is 13.6. The number of para-hydroxylation sites is 1. The van der Waals surface area contributed by atoms with Crippen molar-refractivity contribution in [2.75, 3.05) is 21.3 Å². The minimum absolute atomic E-state index is 0.00811. The van der Waals surface area contributed by atoms with Gasteiger partial charge in [-0.25, -0.2) is 4.98 Å². The molecule has 1 atom stereocenters. The second kappa shape index (κ2) is 9.51. The van der Waals surface area contributed by atoms with Gasteiger partial charge in [0.05, 0.1) is 41.3 Å². The number of aromatic nitrogens is 2. The van der Waals surface area contributed by atoms with Crippen molar-refractivity contribution in [1.82, 2.24) is 14.5 Å². The number of ether oxygens (including phenoxy) is 2. The summed E-state index contributed by atoms with van der Waals surface area (Å²) in [5.74, 6) is 1.49. The Morgan fingerprint density at radius 3 is 2.58 bits per heavy atom. The summed E-state index contributed by atoms with van der Waals surface area (Å²) < 4.78 is 13.0. The van der Waals surface area contributed by atoms with Crippen molar-refractivity contribution < 1.29 is 14.3 Å². The zero-order chi connectivity index (χ0) is 22.7. The summed E-state index contributed by atoms with van der Waals surface area (Å²) in [7, 11) is 4.83. The molecule has 0 spiro atoms. The van der Waals surface area contributed by atoms with E-state index in [1.54, 1.807) is 56.5 Å². The van der Waals surface area contributed by atoms with Crippen LogP contribution in [0.15, 0.2) is 45.7 Å². The number of hydrogen-bond donors (Lipinski definition) is 0. The first-order valence-electron chi connectivity index (χ1n) is 10.0. The molecule has 0 aliphatic heterocycles. The molecular weight excluding hydrogens is 462 g/mol. The fraction of sp³-hybridized carbons (Fsp3) is 0.348. The molecule has 0 saturated heterocycles. The quantitative estimate of drug-likeness (QED) is 0.490. The van der Waals surface area contributed by atoms with E-state index in [1.165, 1.54) is 4.57 Å². The molecule has 1 aromatic heterocycles. The highest BCUT2D eigenvalue weighted by atomic mass is 79.9. The third-order valence-electron chi connectivity index (χ3n) is 5.30. The Hall–Kier alpha value is -2.87. The lowest BCUT2D eigenvalue weighted by molar-refractivity contribution is -0.132. The number of carbonyl (C=O) groups is 1. The molecule has 2 aromatic carbocycles. The Bertz CT molecular complexity index is 1180. The Morgan fingerprint density at radius 2 is 1.94 bits per heavy atom. The topological polar surface area (TPSA) is 73.7 Å². The molecule has 1 amide bonds. The van der Waals surface area contributed by atoms with E-state index in [0.29, 0.717) is 44.8 Å². The van der Waals surface area contributed by atoms with Crippen molar-refractivity contribution in [2.45, 2.75) is 32.7 Å². The van der Waals surface area contributed by atoms with E-state index >= 15 is 0 Å². The van der Waals surface area contributed by atoms with Gasteiger partial charge in [-0.2, -0.15) is 0 Å². The molecule has 0 fully saturated rings. The average molecular weight is 488 g/mol. The van der Waals surface area contributed by atoms with Crippen LogP contribution in [0.4, 0.5) is 0 Å². The first kappa shape index (κ1) is 22.8. The number of nitrogens with zero attached hydrogens (tertiary/aromatic N) is 3. The summed E-state index contributed by atoms with van der Waals surface area (Å²) in [4.78, 5) is 32.6. The molecule has 3 aromatic rings. The Balaban J connectivity index is 2.35. The summed E-state index contributed by atoms with van der Waals surface area (Å²) >= 11 is 3.57. The lowest BCUT2D eigenvalue weighted by Crippen LogP contribution is -2.34. The second-order valence-corrected chi connectivity index (χ2v) is 8.01. The largest absolute Gasteiger partial charge is 0.497 e. The van der Waals surface area contributed by atoms with Gasteiger partial charge in [-0.05, 0) is 41.4 Å². The van der Waals surface area contributed by atoms with Gasteiger partial charge in [0.1, 0.15) is 17.3 Å². The molecule has 0 bridgehead atoms. The van der Waals surface area contributed by atoms with E-state index in [0.717, 1.165) is 6.42 Å². The molecule has 164 valence electrons. The van der Waals surface area contributed by atoms with Crippen LogP contribution in [0, 0.1) is 0 Å². The van der Waals surface area contributed by atoms with E-state index in [9.17, 15) is 9.59 Å². The zero-order valence-electron chi connectivity index (χ0n) is 18.3. The summed E-state index contributed by atoms with van der Waals surface area (Å²) in [6.07, 6.45) is 1.17. The van der Waals surface area contributed by atoms with E-state index in [-0.39, 0.29) is 11.5 Å². The highest BCUT2D eigenvalue weighted by Gasteiger charge is 2.25. The van der Waals surface area contributed by atoms with E-state index in [1.807, 2.05) is 19.9 Å². The number of amides is 1. The van der Waals surface area contributed by atoms with E-state index < -0.39 is 6.04 Å². The van der Waals surface area contributed by atoms with Crippen LogP contribution in [0.5, 0.6) is 11.5 Å². The molecule has 3 rings (SSSR count). The van der Waals surface area contributed by atoms with Crippen LogP contribution in [0.25, 0.3) is 16.6 Å². The SMILES string of the molecule is CCCC(=O)N(C)C(C)c1nc2ccccc2c(=O)n1-c1cc(OC)cc(OC)c1Br. The third kappa shape index (κ3) is 4.30. The lowest BCUT2D eigenvalue weighted by Gasteiger charge is -2.27. The van der Waals surface area contributed by atoms with Crippen molar-refractivity contribution >= 4 is 32.7 Å². The minimum Gasteiger partial charge on any atom is -0.497 e. The van der Waals surface area contributed by atoms with Gasteiger partial charge in [-0.15, -0.1) is 0 Å². The standard InChI is InChI=1S/C23H26BrN3O4/c1-6-9-20(28)26(3)14(2)22-25-17-11-8-7-10-16(17)23(29)27(22)18-12-15(30-4)13-19(31-5)21(18)24/h7-8,10-14H,6,9H2,1-5H3. The molecule has 7 nitrogen and oxygen atoms in total. The van der Waals surface area contributed by atoms with Gasteiger partial charge >= 0.3 is 0 Å². The Labute approximate surface area is 189 Å². The number of benzene rings is 2. The van der Waals surface area contributed by atoms with Gasteiger partial charge in [0.25, 0.3) is 5.56 Å². The summed E-state index contributed by atoms with van der Waals surface area (Å²) in [6, 6.07) is 10.2. The van der Waals surface area contributed by atoms with Crippen LogP contribution in [-0.2, 0) is 4.79 Å². The number of hydrogen-bond acceptors (Lipinski definition) is 5. The van der Waals surface area contributed by atoms with Gasteiger partial charge in [-0.1, -0.05) is 19.1 Å². The van der Waals surface area contributed by atoms with Crippen molar-refractivity contribution in [1.29, 1.82) is 0 Å². The van der Waals surface area contributed by atoms with E-state index in [4.69, 9.17) is 14.5 Å². The maximum Gasteiger partial charge on any atom is 0.266 e. The van der Waals surface area contributed by atoms with Crippen molar-refractivity contribution in [3.05, 3.63) is 57.0 Å². The molecule has 0 N–H and O–H groups in total. The molecule has 31 heavy (non-hydrogen) atoms. The molecule has 1 unspecified atom stereocenters. The van der Waals surface area contributed by atoms with Crippen molar-refractivity contribution in [3.63, 3.8) is 0 Å². The van der Waals surface area contributed by atoms with Gasteiger partial charge in [-0.3, -0.25) is 14.2 Å². The number of methoxy groups -OCH3 is 2. The van der Waals surface area contributed by atoms with Crippen molar-refractivity contribution in [3.8, 4) is 17.2 Å². The van der Waals surface area contributed by atoms with Gasteiger partial charge in [0.15, 0.2) is 0 Å². The van der Waals surface area contributed by atoms with Crippen LogP contribution < -0.4 is 15.0 Å². The number of rotatable bonds is 7. The molecule has 1 heterocycles. The van der Waals surface area contributed by atoms with Crippen LogP contribution in [0.2, 0.25) is 0 Å². The highest BCUT2D eigenvalue weighted by molar-refractivity contribution is 9.10. The fourth-order valence-electron chi connectivity index (χ4n) is 3.43. The highest BCUT2D eigenvalue weighted by Crippen LogP contribution is 2.36. The fourth-order valence-corrected chi connectivity index (χ4v) is 4.00. The molecular formula is C23H26BrN3O4. The first-order chi connectivity index (χ1) is 14.8. The number of carbonyl (C=O) groups excluding carboxylic acids is 1. The van der Waals surface area contributed by atoms with Crippen LogP contribution in [0.1, 0.15) is 38.6 Å². The average Bonchev–Trinajstić information content (AvgIpc) is 2.78. The summed E-state index contributed by atoms with van der Waals surface area (Å²) in [5, 5.41) is 0.481. The van der Waals surface area contributed by atoms with E-state index in [2.05, 4.69) is 15.9 Å². The molecule has 0 aliphatic rings. The Morgan fingerprint density at radius 1 is 1.23 bits per heavy atom. The predicted octanol–water partition coefficient (Wildman–Crippen LogP) is 4.48. The normalized spacial score (nSPS) is 11.9. The molecule has 0 saturated carbocycles. The smallest absolute Gasteiger partial charge is 0.266 e. The lowest BCUT2D eigenvalue weighted by atomic mass is 10.1. The summed E-state index contributed by atoms with van der Waals surface area (Å²) in [6.45, 7) is 3.83. The van der Waals surface area contributed by atoms with Crippen molar-refractivity contribution in [2.24, 2.45) is 0 Å². The number of fused-ring (bicyclic) bond motifs is 1. The predicted molar refractivity (Wildman–Crippen MR) is 124 cm³/mol. The van der Waals surface area contributed by atoms with Crippen LogP contribution in [0.3, 0.4) is 0 Å². The number of halogens is 1. The van der Waals surface area contributed by atoms with Crippen LogP contribution in [-0.4, -0.2) is 41.6 Å². The van der Waals surface area contributed by atoms with Crippen LogP contribution >= 0.6 is 15.9 Å². The monoisotopic (exact) mass is 487 g/mol. The van der Waals surface area contributed by atoms with Gasteiger partial charge in [0.2, 0.25) is 5.91 Å². The molecule has 0 radical (unpaired) electrons. The van der Waals surface area contributed by atoms with Gasteiger partial charge in [0, 0.05) is 25.6 Å². The molecule has 8 heteroatoms. The summed E-state index contributed by atoms with van der Waals surface area (Å²) in [5.41, 5.74) is 0.866. The zero-order valence-corrected chi connectivity index (χ0v) is 19.9. The minimum atomic E-state index is -0.444.